The van der Waals surface area contributed by atoms with Gasteiger partial charge in [0.25, 0.3) is 0 Å². The fourth-order valence-electron chi connectivity index (χ4n) is 3.94. The van der Waals surface area contributed by atoms with Crippen molar-refractivity contribution in [3.8, 4) is 17.1 Å². The fraction of sp³-hybridized carbons (Fsp3) is 0.333. The predicted molar refractivity (Wildman–Crippen MR) is 121 cm³/mol. The molecule has 1 unspecified atom stereocenters. The van der Waals surface area contributed by atoms with Crippen molar-refractivity contribution in [1.82, 2.24) is 20.1 Å². The topological polar surface area (TPSA) is 98.1 Å². The number of ether oxygens (including phenoxy) is 1. The molecule has 2 amide bonds. The summed E-state index contributed by atoms with van der Waals surface area (Å²) in [5.74, 6) is 2.04. The Balaban J connectivity index is 1.46. The first-order valence-corrected chi connectivity index (χ1v) is 10.8. The third kappa shape index (κ3) is 4.96. The lowest BCUT2D eigenvalue weighted by Crippen LogP contribution is -2.44. The molecule has 8 nitrogen and oxygen atoms in total. The van der Waals surface area contributed by atoms with Crippen LogP contribution in [0.4, 0.5) is 5.69 Å². The van der Waals surface area contributed by atoms with Crippen molar-refractivity contribution in [3.63, 3.8) is 0 Å². The number of hydrogen-bond donors (Lipinski definition) is 2. The highest BCUT2D eigenvalue weighted by atomic mass is 16.5. The number of methoxy groups -OCH3 is 1. The molecule has 0 aliphatic carbocycles. The molecule has 166 valence electrons. The van der Waals surface area contributed by atoms with Crippen LogP contribution in [-0.2, 0) is 29.0 Å². The number of anilines is 1. The Morgan fingerprint density at radius 1 is 1.12 bits per heavy atom. The molecule has 0 spiro atoms. The first-order chi connectivity index (χ1) is 15.5. The van der Waals surface area contributed by atoms with E-state index in [-0.39, 0.29) is 11.8 Å². The van der Waals surface area contributed by atoms with E-state index < -0.39 is 6.04 Å². The van der Waals surface area contributed by atoms with Crippen molar-refractivity contribution in [2.75, 3.05) is 12.4 Å². The number of benzene rings is 2. The molecule has 0 bridgehead atoms. The summed E-state index contributed by atoms with van der Waals surface area (Å²) in [5, 5.41) is 14.3. The molecular weight excluding hydrogens is 406 g/mol. The maximum absolute atomic E-state index is 12.9. The van der Waals surface area contributed by atoms with Gasteiger partial charge in [0, 0.05) is 37.6 Å². The molecule has 0 saturated heterocycles. The smallest absolute Gasteiger partial charge is 0.247 e. The Morgan fingerprint density at radius 2 is 1.94 bits per heavy atom. The van der Waals surface area contributed by atoms with Crippen LogP contribution in [-0.4, -0.2) is 39.7 Å². The summed E-state index contributed by atoms with van der Waals surface area (Å²) in [6.45, 7) is 2.33. The zero-order valence-electron chi connectivity index (χ0n) is 18.3. The minimum atomic E-state index is -0.706. The summed E-state index contributed by atoms with van der Waals surface area (Å²) in [7, 11) is 1.59. The van der Waals surface area contributed by atoms with Crippen LogP contribution in [0.1, 0.15) is 31.2 Å². The van der Waals surface area contributed by atoms with Crippen molar-refractivity contribution in [1.29, 1.82) is 0 Å². The first kappa shape index (κ1) is 21.5. The van der Waals surface area contributed by atoms with Gasteiger partial charge in [-0.1, -0.05) is 12.1 Å². The molecular formula is C24H27N5O3. The van der Waals surface area contributed by atoms with Crippen LogP contribution in [0.15, 0.2) is 48.5 Å². The number of carbonyl (C=O) groups is 2. The van der Waals surface area contributed by atoms with Crippen LogP contribution in [0, 0.1) is 0 Å². The number of amides is 2. The van der Waals surface area contributed by atoms with Crippen LogP contribution in [0.25, 0.3) is 11.4 Å². The van der Waals surface area contributed by atoms with E-state index in [1.54, 1.807) is 7.11 Å². The Hall–Kier alpha value is -3.68. The molecule has 2 N–H and O–H groups in total. The molecule has 1 aliphatic heterocycles. The Kier molecular flexibility index (Phi) is 6.49. The maximum Gasteiger partial charge on any atom is 0.247 e. The number of hydrogen-bond acceptors (Lipinski definition) is 5. The minimum absolute atomic E-state index is 0.264. The van der Waals surface area contributed by atoms with Crippen molar-refractivity contribution in [3.05, 3.63) is 59.9 Å². The first-order valence-electron chi connectivity index (χ1n) is 10.8. The minimum Gasteiger partial charge on any atom is -0.497 e. The second kappa shape index (κ2) is 9.64. The molecule has 2 aromatic carbocycles. The van der Waals surface area contributed by atoms with Crippen LogP contribution < -0.4 is 15.4 Å². The van der Waals surface area contributed by atoms with Gasteiger partial charge in [-0.15, -0.1) is 10.2 Å². The number of fused-ring (bicyclic) bond motifs is 1. The number of rotatable bonds is 7. The summed E-state index contributed by atoms with van der Waals surface area (Å²) in [5.41, 5.74) is 2.50. The second-order valence-corrected chi connectivity index (χ2v) is 7.92. The van der Waals surface area contributed by atoms with Gasteiger partial charge in [-0.3, -0.25) is 9.59 Å². The van der Waals surface area contributed by atoms with Crippen LogP contribution in [0.2, 0.25) is 0 Å². The van der Waals surface area contributed by atoms with E-state index in [1.807, 2.05) is 48.5 Å². The van der Waals surface area contributed by atoms with E-state index in [0.29, 0.717) is 17.9 Å². The molecule has 1 atom stereocenters. The van der Waals surface area contributed by atoms with E-state index >= 15 is 0 Å². The normalized spacial score (nSPS) is 13.7. The highest BCUT2D eigenvalue weighted by Gasteiger charge is 2.21. The average molecular weight is 434 g/mol. The SMILES string of the molecule is COc1cccc(CC(NC(C)=O)C(=O)Nc2ccc(-c3nnc4n3CCCC4)cc2)c1. The molecule has 0 radical (unpaired) electrons. The third-order valence-corrected chi connectivity index (χ3v) is 5.54. The lowest BCUT2D eigenvalue weighted by Gasteiger charge is -2.18. The Morgan fingerprint density at radius 3 is 2.69 bits per heavy atom. The summed E-state index contributed by atoms with van der Waals surface area (Å²) in [6.07, 6.45) is 3.59. The lowest BCUT2D eigenvalue weighted by molar-refractivity contribution is -0.125. The quantitative estimate of drug-likeness (QED) is 0.597. The van der Waals surface area contributed by atoms with Gasteiger partial charge in [-0.05, 0) is 54.8 Å². The van der Waals surface area contributed by atoms with E-state index in [0.717, 1.165) is 48.6 Å². The van der Waals surface area contributed by atoms with Gasteiger partial charge in [-0.25, -0.2) is 0 Å². The van der Waals surface area contributed by atoms with E-state index in [4.69, 9.17) is 4.74 Å². The molecule has 1 aromatic heterocycles. The van der Waals surface area contributed by atoms with Crippen LogP contribution in [0.3, 0.4) is 0 Å². The van der Waals surface area contributed by atoms with Gasteiger partial charge in [0.1, 0.15) is 17.6 Å². The Bertz CT molecular complexity index is 1110. The number of nitrogens with zero attached hydrogens (tertiary/aromatic N) is 3. The maximum atomic E-state index is 12.9. The monoisotopic (exact) mass is 433 g/mol. The number of aryl methyl sites for hydroxylation is 1. The van der Waals surface area contributed by atoms with Gasteiger partial charge in [0.15, 0.2) is 5.82 Å². The van der Waals surface area contributed by atoms with Crippen LogP contribution >= 0.6 is 0 Å². The molecule has 8 heteroatoms. The summed E-state index contributed by atoms with van der Waals surface area (Å²) < 4.78 is 7.42. The number of aromatic nitrogens is 3. The highest BCUT2D eigenvalue weighted by molar-refractivity contribution is 5.97. The average Bonchev–Trinajstić information content (AvgIpc) is 3.23. The Labute approximate surface area is 187 Å². The summed E-state index contributed by atoms with van der Waals surface area (Å²) in [6, 6.07) is 14.3. The van der Waals surface area contributed by atoms with Gasteiger partial charge in [0.2, 0.25) is 11.8 Å². The van der Waals surface area contributed by atoms with Gasteiger partial charge < -0.3 is 19.9 Å². The van der Waals surface area contributed by atoms with E-state index in [9.17, 15) is 9.59 Å². The van der Waals surface area contributed by atoms with E-state index in [2.05, 4.69) is 25.4 Å². The van der Waals surface area contributed by atoms with E-state index in [1.165, 1.54) is 6.92 Å². The van der Waals surface area contributed by atoms with Crippen molar-refractivity contribution < 1.29 is 14.3 Å². The highest BCUT2D eigenvalue weighted by Crippen LogP contribution is 2.24. The van der Waals surface area contributed by atoms with Gasteiger partial charge in [-0.2, -0.15) is 0 Å². The third-order valence-electron chi connectivity index (χ3n) is 5.54. The number of carbonyl (C=O) groups excluding carboxylic acids is 2. The molecule has 0 saturated carbocycles. The zero-order chi connectivity index (χ0) is 22.5. The standard InChI is InChI=1S/C24H27N5O3/c1-16(30)25-21(15-17-6-5-7-20(14-17)32-2)24(31)26-19-11-9-18(10-12-19)23-28-27-22-8-3-4-13-29(22)23/h5-7,9-12,14,21H,3-4,8,13,15H2,1-2H3,(H,25,30)(H,26,31). The van der Waals surface area contributed by atoms with Crippen molar-refractivity contribution >= 4 is 17.5 Å². The molecule has 4 rings (SSSR count). The second-order valence-electron chi connectivity index (χ2n) is 7.92. The molecule has 3 aromatic rings. The summed E-state index contributed by atoms with van der Waals surface area (Å²) >= 11 is 0. The molecule has 1 aliphatic rings. The van der Waals surface area contributed by atoms with Crippen molar-refractivity contribution in [2.24, 2.45) is 0 Å². The summed E-state index contributed by atoms with van der Waals surface area (Å²) in [4.78, 5) is 24.6. The van der Waals surface area contributed by atoms with Crippen molar-refractivity contribution in [2.45, 2.75) is 45.2 Å². The van der Waals surface area contributed by atoms with Crippen LogP contribution in [0.5, 0.6) is 5.75 Å². The number of nitrogens with one attached hydrogen (secondary N) is 2. The lowest BCUT2D eigenvalue weighted by atomic mass is 10.0. The predicted octanol–water partition coefficient (Wildman–Crippen LogP) is 2.98. The van der Waals surface area contributed by atoms with Gasteiger partial charge in [0.05, 0.1) is 7.11 Å². The zero-order valence-corrected chi connectivity index (χ0v) is 18.3. The molecule has 2 heterocycles. The largest absolute Gasteiger partial charge is 0.497 e. The molecule has 32 heavy (non-hydrogen) atoms. The fourth-order valence-corrected chi connectivity index (χ4v) is 3.94. The van der Waals surface area contributed by atoms with Gasteiger partial charge >= 0.3 is 0 Å². The molecule has 0 fully saturated rings.